The standard InChI is InChI=1S/C19H28F2N2O3S/c1-18(2,3)17(25)23-9-7-11(8-10-23)13-12(14(15(20)21)27-22-13)16(24)26-19(4,5)6/h11,15H,7-10H2,1-6H3. The molecular formula is C19H28F2N2O3S. The minimum atomic E-state index is -2.78. The Kier molecular flexibility index (Phi) is 6.29. The van der Waals surface area contributed by atoms with E-state index in [1.54, 1.807) is 25.7 Å². The third-order valence-corrected chi connectivity index (χ3v) is 5.22. The highest BCUT2D eigenvalue weighted by molar-refractivity contribution is 7.06. The largest absolute Gasteiger partial charge is 0.456 e. The quantitative estimate of drug-likeness (QED) is 0.682. The van der Waals surface area contributed by atoms with Crippen LogP contribution in [0, 0.1) is 5.41 Å². The van der Waals surface area contributed by atoms with Crippen molar-refractivity contribution in [3.63, 3.8) is 0 Å². The van der Waals surface area contributed by atoms with Crippen LogP contribution in [-0.4, -0.2) is 39.8 Å². The number of hydrogen-bond acceptors (Lipinski definition) is 5. The van der Waals surface area contributed by atoms with Crippen LogP contribution < -0.4 is 0 Å². The Morgan fingerprint density at radius 2 is 1.70 bits per heavy atom. The van der Waals surface area contributed by atoms with Gasteiger partial charge in [0, 0.05) is 24.4 Å². The Labute approximate surface area is 163 Å². The Bertz CT molecular complexity index is 697. The molecule has 1 aromatic rings. The van der Waals surface area contributed by atoms with Crippen molar-refractivity contribution < 1.29 is 23.1 Å². The number of carbonyl (C=O) groups is 2. The normalized spacial score (nSPS) is 16.7. The van der Waals surface area contributed by atoms with E-state index in [1.165, 1.54) is 0 Å². The molecule has 0 spiro atoms. The van der Waals surface area contributed by atoms with Gasteiger partial charge in [-0.25, -0.2) is 13.6 Å². The van der Waals surface area contributed by atoms with E-state index < -0.39 is 23.4 Å². The topological polar surface area (TPSA) is 59.5 Å². The lowest BCUT2D eigenvalue weighted by atomic mass is 9.88. The first-order valence-electron chi connectivity index (χ1n) is 9.11. The molecule has 0 N–H and O–H groups in total. The van der Waals surface area contributed by atoms with Crippen molar-refractivity contribution in [2.45, 2.75) is 72.3 Å². The fourth-order valence-corrected chi connectivity index (χ4v) is 3.90. The number of likely N-dealkylation sites (tertiary alicyclic amines) is 1. The van der Waals surface area contributed by atoms with E-state index >= 15 is 0 Å². The van der Waals surface area contributed by atoms with Crippen LogP contribution in [0.4, 0.5) is 8.78 Å². The van der Waals surface area contributed by atoms with Crippen molar-refractivity contribution in [2.24, 2.45) is 5.41 Å². The number of aromatic nitrogens is 1. The van der Waals surface area contributed by atoms with Gasteiger partial charge < -0.3 is 9.64 Å². The highest BCUT2D eigenvalue weighted by Gasteiger charge is 2.36. The van der Waals surface area contributed by atoms with Crippen LogP contribution in [0.1, 0.15) is 87.7 Å². The van der Waals surface area contributed by atoms with Gasteiger partial charge in [0.15, 0.2) is 0 Å². The van der Waals surface area contributed by atoms with Gasteiger partial charge >= 0.3 is 5.97 Å². The number of amides is 1. The Hall–Kier alpha value is -1.57. The Balaban J connectivity index is 2.22. The molecule has 0 unspecified atom stereocenters. The molecule has 27 heavy (non-hydrogen) atoms. The van der Waals surface area contributed by atoms with Gasteiger partial charge in [-0.15, -0.1) is 0 Å². The average molecular weight is 403 g/mol. The van der Waals surface area contributed by atoms with E-state index in [2.05, 4.69) is 4.37 Å². The number of alkyl halides is 2. The lowest BCUT2D eigenvalue weighted by Gasteiger charge is -2.35. The number of rotatable bonds is 3. The van der Waals surface area contributed by atoms with E-state index in [0.29, 0.717) is 43.2 Å². The number of esters is 1. The van der Waals surface area contributed by atoms with Gasteiger partial charge in [-0.3, -0.25) is 4.79 Å². The highest BCUT2D eigenvalue weighted by atomic mass is 32.1. The second kappa shape index (κ2) is 7.81. The summed E-state index contributed by atoms with van der Waals surface area (Å²) in [7, 11) is 0. The van der Waals surface area contributed by atoms with Crippen molar-refractivity contribution in [1.29, 1.82) is 0 Å². The average Bonchev–Trinajstić information content (AvgIpc) is 2.97. The highest BCUT2D eigenvalue weighted by Crippen LogP contribution is 2.38. The number of piperidine rings is 1. The zero-order chi connectivity index (χ0) is 20.6. The summed E-state index contributed by atoms with van der Waals surface area (Å²) in [5, 5.41) is 0. The molecule has 1 fully saturated rings. The molecule has 0 saturated carbocycles. The van der Waals surface area contributed by atoms with Crippen LogP contribution in [-0.2, 0) is 9.53 Å². The first kappa shape index (κ1) is 21.7. The van der Waals surface area contributed by atoms with Crippen LogP contribution in [0.25, 0.3) is 0 Å². The van der Waals surface area contributed by atoms with Gasteiger partial charge in [-0.05, 0) is 45.1 Å². The summed E-state index contributed by atoms with van der Waals surface area (Å²) in [6, 6.07) is 0. The summed E-state index contributed by atoms with van der Waals surface area (Å²) in [5.74, 6) is -0.824. The van der Waals surface area contributed by atoms with Crippen LogP contribution in [0.2, 0.25) is 0 Å². The Morgan fingerprint density at radius 1 is 1.15 bits per heavy atom. The first-order chi connectivity index (χ1) is 12.3. The minimum Gasteiger partial charge on any atom is -0.456 e. The van der Waals surface area contributed by atoms with Crippen molar-refractivity contribution >= 4 is 23.4 Å². The van der Waals surface area contributed by atoms with Crippen molar-refractivity contribution in [2.75, 3.05) is 13.1 Å². The van der Waals surface area contributed by atoms with Crippen LogP contribution in [0.3, 0.4) is 0 Å². The van der Waals surface area contributed by atoms with Crippen LogP contribution in [0.5, 0.6) is 0 Å². The smallest absolute Gasteiger partial charge is 0.341 e. The summed E-state index contributed by atoms with van der Waals surface area (Å²) < 4.78 is 36.3. The van der Waals surface area contributed by atoms with Gasteiger partial charge in [-0.2, -0.15) is 4.37 Å². The molecule has 1 aliphatic heterocycles. The maximum Gasteiger partial charge on any atom is 0.341 e. The van der Waals surface area contributed by atoms with E-state index in [0.717, 1.165) is 0 Å². The second-order valence-electron chi connectivity index (χ2n) is 8.93. The summed E-state index contributed by atoms with van der Waals surface area (Å²) in [6.45, 7) is 11.8. The number of nitrogens with zero attached hydrogens (tertiary/aromatic N) is 2. The Morgan fingerprint density at radius 3 is 2.15 bits per heavy atom. The monoisotopic (exact) mass is 402 g/mol. The first-order valence-corrected chi connectivity index (χ1v) is 9.89. The molecule has 0 aromatic carbocycles. The SMILES string of the molecule is CC(C)(C)OC(=O)c1c(C2CCN(C(=O)C(C)(C)C)CC2)nsc1C(F)F. The van der Waals surface area contributed by atoms with Crippen molar-refractivity contribution in [3.05, 3.63) is 16.1 Å². The van der Waals surface area contributed by atoms with Crippen molar-refractivity contribution in [1.82, 2.24) is 9.27 Å². The molecule has 0 radical (unpaired) electrons. The maximum atomic E-state index is 13.4. The molecule has 2 rings (SSSR count). The summed E-state index contributed by atoms with van der Waals surface area (Å²) >= 11 is 0.662. The number of carbonyl (C=O) groups excluding carboxylic acids is 2. The molecule has 5 nitrogen and oxygen atoms in total. The third-order valence-electron chi connectivity index (χ3n) is 4.36. The molecule has 1 aromatic heterocycles. The predicted octanol–water partition coefficient (Wildman–Crippen LogP) is 4.79. The molecule has 1 aliphatic rings. The van der Waals surface area contributed by atoms with Crippen molar-refractivity contribution in [3.8, 4) is 0 Å². The van der Waals surface area contributed by atoms with Crippen LogP contribution in [0.15, 0.2) is 0 Å². The lowest BCUT2D eigenvalue weighted by molar-refractivity contribution is -0.140. The van der Waals surface area contributed by atoms with E-state index in [-0.39, 0.29) is 22.3 Å². The second-order valence-corrected chi connectivity index (χ2v) is 9.73. The summed E-state index contributed by atoms with van der Waals surface area (Å²) in [5.41, 5.74) is -0.950. The zero-order valence-corrected chi connectivity index (χ0v) is 17.6. The number of ether oxygens (including phenoxy) is 1. The molecule has 2 heterocycles. The molecule has 1 saturated heterocycles. The molecule has 1 amide bonds. The third kappa shape index (κ3) is 5.24. The molecule has 8 heteroatoms. The molecular weight excluding hydrogens is 374 g/mol. The van der Waals surface area contributed by atoms with Gasteiger partial charge in [0.2, 0.25) is 5.91 Å². The number of hydrogen-bond donors (Lipinski definition) is 0. The molecule has 152 valence electrons. The van der Waals surface area contributed by atoms with Gasteiger partial charge in [0.1, 0.15) is 16.0 Å². The molecule has 0 aliphatic carbocycles. The van der Waals surface area contributed by atoms with E-state index in [4.69, 9.17) is 4.74 Å². The van der Waals surface area contributed by atoms with E-state index in [1.807, 2.05) is 20.8 Å². The maximum absolute atomic E-state index is 13.4. The van der Waals surface area contributed by atoms with Crippen LogP contribution >= 0.6 is 11.5 Å². The minimum absolute atomic E-state index is 0.0693. The van der Waals surface area contributed by atoms with Gasteiger partial charge in [0.05, 0.1) is 5.69 Å². The summed E-state index contributed by atoms with van der Waals surface area (Å²) in [6.07, 6.45) is -1.60. The van der Waals surface area contributed by atoms with Gasteiger partial charge in [0.25, 0.3) is 6.43 Å². The fourth-order valence-electron chi connectivity index (χ4n) is 3.11. The zero-order valence-electron chi connectivity index (χ0n) is 16.8. The molecule has 0 bridgehead atoms. The molecule has 0 atom stereocenters. The van der Waals surface area contributed by atoms with Gasteiger partial charge in [-0.1, -0.05) is 20.8 Å². The van der Waals surface area contributed by atoms with E-state index in [9.17, 15) is 18.4 Å². The summed E-state index contributed by atoms with van der Waals surface area (Å²) in [4.78, 5) is 26.4. The predicted molar refractivity (Wildman–Crippen MR) is 100 cm³/mol. The number of halogens is 2. The lowest BCUT2D eigenvalue weighted by Crippen LogP contribution is -2.43. The fraction of sp³-hybridized carbons (Fsp3) is 0.737.